The molecule has 0 heterocycles. The number of benzene rings is 1. The van der Waals surface area contributed by atoms with Crippen LogP contribution >= 0.6 is 0 Å². The van der Waals surface area contributed by atoms with Gasteiger partial charge in [-0.15, -0.1) is 0 Å². The van der Waals surface area contributed by atoms with Gasteiger partial charge in [-0.25, -0.2) is 22.0 Å². The van der Waals surface area contributed by atoms with Gasteiger partial charge in [0.25, 0.3) is 5.91 Å². The fourth-order valence-electron chi connectivity index (χ4n) is 1.64. The average molecular weight is 308 g/mol. The van der Waals surface area contributed by atoms with Crippen molar-refractivity contribution in [1.29, 1.82) is 0 Å². The van der Waals surface area contributed by atoms with Crippen LogP contribution in [0.5, 0.6) is 0 Å². The Morgan fingerprint density at radius 3 is 1.81 bits per heavy atom. The molecule has 3 nitrogen and oxygen atoms in total. The van der Waals surface area contributed by atoms with Gasteiger partial charge in [-0.3, -0.25) is 9.59 Å². The van der Waals surface area contributed by atoms with Gasteiger partial charge in [-0.1, -0.05) is 13.8 Å². The van der Waals surface area contributed by atoms with Crippen LogP contribution in [0.4, 0.5) is 22.0 Å². The molecule has 1 N–H and O–H groups in total. The van der Waals surface area contributed by atoms with Crippen LogP contribution in [-0.4, -0.2) is 18.2 Å². The smallest absolute Gasteiger partial charge is 0.258 e. The van der Waals surface area contributed by atoms with Gasteiger partial charge in [0.15, 0.2) is 23.3 Å². The first-order chi connectivity index (χ1) is 9.70. The molecular formula is C13H11F5NO2. The van der Waals surface area contributed by atoms with Gasteiger partial charge >= 0.3 is 0 Å². The zero-order valence-electron chi connectivity index (χ0n) is 11.1. The molecule has 1 aromatic carbocycles. The fraction of sp³-hybridized carbons (Fsp3) is 0.385. The van der Waals surface area contributed by atoms with Crippen LogP contribution in [0.15, 0.2) is 0 Å². The van der Waals surface area contributed by atoms with E-state index in [9.17, 15) is 31.5 Å². The monoisotopic (exact) mass is 308 g/mol. The number of hydrogen-bond acceptors (Lipinski definition) is 2. The Kier molecular flexibility index (Phi) is 5.40. The molecule has 0 spiro atoms. The summed E-state index contributed by atoms with van der Waals surface area (Å²) in [6.07, 6.45) is 1.53. The van der Waals surface area contributed by atoms with Crippen molar-refractivity contribution in [2.24, 2.45) is 5.92 Å². The van der Waals surface area contributed by atoms with Gasteiger partial charge in [-0.05, 0) is 12.3 Å². The van der Waals surface area contributed by atoms with Crippen molar-refractivity contribution in [3.8, 4) is 0 Å². The number of carbonyl (C=O) groups excluding carboxylic acids is 2. The van der Waals surface area contributed by atoms with E-state index in [1.165, 1.54) is 6.29 Å². The third kappa shape index (κ3) is 3.56. The second kappa shape index (κ2) is 6.64. The molecule has 0 fully saturated rings. The van der Waals surface area contributed by atoms with Gasteiger partial charge in [0, 0.05) is 0 Å². The summed E-state index contributed by atoms with van der Waals surface area (Å²) in [5.74, 6) is -13.0. The Balaban J connectivity index is 3.16. The van der Waals surface area contributed by atoms with Crippen LogP contribution in [-0.2, 0) is 4.79 Å². The third-order valence-electron chi connectivity index (χ3n) is 2.59. The largest absolute Gasteiger partial charge is 0.342 e. The molecule has 21 heavy (non-hydrogen) atoms. The molecule has 8 heteroatoms. The third-order valence-corrected chi connectivity index (χ3v) is 2.59. The highest BCUT2D eigenvalue weighted by molar-refractivity contribution is 5.96. The highest BCUT2D eigenvalue weighted by atomic mass is 19.2. The van der Waals surface area contributed by atoms with Crippen LogP contribution in [0.2, 0.25) is 0 Å². The van der Waals surface area contributed by atoms with Gasteiger partial charge in [0.05, 0.1) is 6.04 Å². The van der Waals surface area contributed by atoms with E-state index in [1.807, 2.05) is 5.32 Å². The van der Waals surface area contributed by atoms with Crippen molar-refractivity contribution >= 4 is 12.2 Å². The van der Waals surface area contributed by atoms with E-state index < -0.39 is 46.6 Å². The van der Waals surface area contributed by atoms with E-state index in [-0.39, 0.29) is 12.3 Å². The summed E-state index contributed by atoms with van der Waals surface area (Å²) in [5.41, 5.74) is -1.63. The maximum atomic E-state index is 13.4. The Labute approximate surface area is 117 Å². The molecule has 0 saturated carbocycles. The standard InChI is InChI=1S/C13H11F5NO2/c1-5(2)3-6(4-20)19-13(21)7-8(14)10(16)12(18)11(17)9(7)15/h5-6H,3H2,1-2H3,(H,19,21)/t6-/m0/s1. The molecule has 0 saturated heterocycles. The van der Waals surface area contributed by atoms with Crippen molar-refractivity contribution in [2.75, 3.05) is 0 Å². The summed E-state index contributed by atoms with van der Waals surface area (Å²) in [6.45, 7) is 3.41. The second-order valence-electron chi connectivity index (χ2n) is 4.72. The van der Waals surface area contributed by atoms with Crippen molar-refractivity contribution in [3.63, 3.8) is 0 Å². The van der Waals surface area contributed by atoms with Crippen LogP contribution < -0.4 is 5.32 Å². The zero-order chi connectivity index (χ0) is 16.3. The van der Waals surface area contributed by atoms with E-state index in [2.05, 4.69) is 0 Å². The topological polar surface area (TPSA) is 46.2 Å². The van der Waals surface area contributed by atoms with Crippen molar-refractivity contribution in [1.82, 2.24) is 5.32 Å². The highest BCUT2D eigenvalue weighted by Gasteiger charge is 2.30. The molecular weight excluding hydrogens is 297 g/mol. The quantitative estimate of drug-likeness (QED) is 0.516. The molecule has 1 amide bonds. The maximum Gasteiger partial charge on any atom is 0.258 e. The minimum absolute atomic E-state index is 0.0619. The lowest BCUT2D eigenvalue weighted by molar-refractivity contribution is 0.0931. The van der Waals surface area contributed by atoms with Crippen molar-refractivity contribution in [3.05, 3.63) is 34.6 Å². The maximum absolute atomic E-state index is 13.4. The molecule has 0 aliphatic rings. The highest BCUT2D eigenvalue weighted by Crippen LogP contribution is 2.23. The SMILES string of the molecule is CC(C)C[C@@H]([C]=O)NC(=O)c1c(F)c(F)c(F)c(F)c1F. The zero-order valence-corrected chi connectivity index (χ0v) is 11.1. The molecule has 0 unspecified atom stereocenters. The predicted molar refractivity (Wildman–Crippen MR) is 62.6 cm³/mol. The summed E-state index contributed by atoms with van der Waals surface area (Å²) < 4.78 is 65.6. The first-order valence-corrected chi connectivity index (χ1v) is 5.90. The van der Waals surface area contributed by atoms with Gasteiger partial charge in [-0.2, -0.15) is 0 Å². The molecule has 115 valence electrons. The molecule has 1 rings (SSSR count). The minimum atomic E-state index is -2.36. The van der Waals surface area contributed by atoms with Gasteiger partial charge in [0.2, 0.25) is 12.1 Å². The Hall–Kier alpha value is -1.99. The molecule has 0 bridgehead atoms. The number of amides is 1. The molecule has 0 aromatic heterocycles. The Morgan fingerprint density at radius 1 is 1.00 bits per heavy atom. The summed E-state index contributed by atoms with van der Waals surface area (Å²) in [4.78, 5) is 22.3. The van der Waals surface area contributed by atoms with E-state index in [4.69, 9.17) is 0 Å². The number of rotatable bonds is 5. The minimum Gasteiger partial charge on any atom is -0.342 e. The Morgan fingerprint density at radius 2 is 1.43 bits per heavy atom. The number of hydrogen-bond donors (Lipinski definition) is 1. The van der Waals surface area contributed by atoms with Crippen molar-refractivity contribution in [2.45, 2.75) is 26.3 Å². The molecule has 1 aromatic rings. The van der Waals surface area contributed by atoms with Gasteiger partial charge in [0.1, 0.15) is 5.56 Å². The summed E-state index contributed by atoms with van der Waals surface area (Å²) >= 11 is 0. The fourth-order valence-corrected chi connectivity index (χ4v) is 1.64. The lowest BCUT2D eigenvalue weighted by Gasteiger charge is -2.15. The summed E-state index contributed by atoms with van der Waals surface area (Å²) in [7, 11) is 0. The lowest BCUT2D eigenvalue weighted by atomic mass is 10.0. The van der Waals surface area contributed by atoms with E-state index in [0.717, 1.165) is 0 Å². The first kappa shape index (κ1) is 17.1. The average Bonchev–Trinajstić information content (AvgIpc) is 2.42. The van der Waals surface area contributed by atoms with Crippen molar-refractivity contribution < 1.29 is 31.5 Å². The first-order valence-electron chi connectivity index (χ1n) is 5.90. The predicted octanol–water partition coefficient (Wildman–Crippen LogP) is 2.64. The number of carbonyl (C=O) groups is 1. The van der Waals surface area contributed by atoms with E-state index in [0.29, 0.717) is 0 Å². The number of halogens is 5. The molecule has 0 aliphatic heterocycles. The molecule has 1 atom stereocenters. The van der Waals surface area contributed by atoms with E-state index >= 15 is 0 Å². The van der Waals surface area contributed by atoms with Crippen LogP contribution in [0.3, 0.4) is 0 Å². The Bertz CT molecular complexity index is 545. The summed E-state index contributed by atoms with van der Waals surface area (Å²) in [6, 6.07) is -1.22. The normalized spacial score (nSPS) is 12.4. The molecule has 1 radical (unpaired) electrons. The van der Waals surface area contributed by atoms with E-state index in [1.54, 1.807) is 13.8 Å². The van der Waals surface area contributed by atoms with Crippen LogP contribution in [0, 0.1) is 35.0 Å². The van der Waals surface area contributed by atoms with Gasteiger partial charge < -0.3 is 5.32 Å². The number of nitrogens with one attached hydrogen (secondary N) is 1. The van der Waals surface area contributed by atoms with Crippen LogP contribution in [0.1, 0.15) is 30.6 Å². The summed E-state index contributed by atoms with van der Waals surface area (Å²) in [5, 5.41) is 1.87. The lowest BCUT2D eigenvalue weighted by Crippen LogP contribution is -2.38. The molecule has 0 aliphatic carbocycles. The second-order valence-corrected chi connectivity index (χ2v) is 4.72. The van der Waals surface area contributed by atoms with Crippen LogP contribution in [0.25, 0.3) is 0 Å².